The van der Waals surface area contributed by atoms with Gasteiger partial charge in [-0.3, -0.25) is 4.98 Å². The number of nitrogens with zero attached hydrogens (tertiary/aromatic N) is 2. The molecule has 0 aliphatic carbocycles. The Bertz CT molecular complexity index is 796. The first kappa shape index (κ1) is 17.7. The summed E-state index contributed by atoms with van der Waals surface area (Å²) in [5.41, 5.74) is 7.27. The van der Waals surface area contributed by atoms with Crippen molar-refractivity contribution in [2.24, 2.45) is 0 Å². The van der Waals surface area contributed by atoms with E-state index in [1.165, 1.54) is 28.9 Å². The third-order valence-corrected chi connectivity index (χ3v) is 5.72. The Labute approximate surface area is 162 Å². The van der Waals surface area contributed by atoms with Crippen molar-refractivity contribution in [1.29, 1.82) is 0 Å². The van der Waals surface area contributed by atoms with Gasteiger partial charge >= 0.3 is 0 Å². The third kappa shape index (κ3) is 4.28. The highest BCUT2D eigenvalue weighted by atomic mass is 127. The fourth-order valence-electron chi connectivity index (χ4n) is 2.83. The van der Waals surface area contributed by atoms with Crippen LogP contribution in [0.25, 0.3) is 17.3 Å². The molecule has 2 aromatic rings. The van der Waals surface area contributed by atoms with E-state index in [0.29, 0.717) is 0 Å². The summed E-state index contributed by atoms with van der Waals surface area (Å²) in [5.74, 6) is 2.36. The first-order valence-corrected chi connectivity index (χ1v) is 10.5. The number of rotatable bonds is 4. The summed E-state index contributed by atoms with van der Waals surface area (Å²) in [6, 6.07) is 8.31. The molecule has 0 bridgehead atoms. The minimum absolute atomic E-state index is 0.982. The van der Waals surface area contributed by atoms with Gasteiger partial charge in [0.15, 0.2) is 0 Å². The average Bonchev–Trinajstić information content (AvgIpc) is 2.62. The van der Waals surface area contributed by atoms with Gasteiger partial charge in [0.2, 0.25) is 0 Å². The largest absolute Gasteiger partial charge is 0.260 e. The molecule has 4 heteroatoms. The van der Waals surface area contributed by atoms with Gasteiger partial charge in [0.25, 0.3) is 0 Å². The van der Waals surface area contributed by atoms with Crippen molar-refractivity contribution in [3.8, 4) is 11.3 Å². The predicted molar refractivity (Wildman–Crippen MR) is 113 cm³/mol. The molecule has 0 aromatic carbocycles. The standard InChI is InChI=1S/C20H21IN2S/c1-3-15(16-7-9-24-10-8-16)11-17-12-18(13-22-14(17)2)19-5-4-6-20(21)23-19/h4-7,11-13H,3,8-10H2,1-2H3/b15-11+. The monoisotopic (exact) mass is 448 g/mol. The lowest BCUT2D eigenvalue weighted by Crippen LogP contribution is -1.99. The maximum absolute atomic E-state index is 4.62. The molecular weight excluding hydrogens is 427 g/mol. The van der Waals surface area contributed by atoms with E-state index in [1.54, 1.807) is 0 Å². The second-order valence-corrected chi connectivity index (χ2v) is 8.08. The summed E-state index contributed by atoms with van der Waals surface area (Å²) >= 11 is 4.26. The average molecular weight is 448 g/mol. The van der Waals surface area contributed by atoms with Crippen LogP contribution in [-0.4, -0.2) is 21.5 Å². The molecule has 0 spiro atoms. The Morgan fingerprint density at radius 1 is 1.38 bits per heavy atom. The number of hydrogen-bond acceptors (Lipinski definition) is 3. The Kier molecular flexibility index (Phi) is 6.11. The molecule has 0 amide bonds. The number of hydrogen-bond donors (Lipinski definition) is 0. The second kappa shape index (κ2) is 8.30. The van der Waals surface area contributed by atoms with Gasteiger partial charge in [-0.25, -0.2) is 4.98 Å². The molecule has 0 saturated carbocycles. The zero-order valence-corrected chi connectivity index (χ0v) is 17.0. The molecule has 1 aliphatic heterocycles. The lowest BCUT2D eigenvalue weighted by molar-refractivity contribution is 1.03. The van der Waals surface area contributed by atoms with E-state index in [-0.39, 0.29) is 0 Å². The number of allylic oxidation sites excluding steroid dienone is 2. The van der Waals surface area contributed by atoms with Crippen LogP contribution in [0.4, 0.5) is 0 Å². The third-order valence-electron chi connectivity index (χ3n) is 4.22. The molecule has 0 unspecified atom stereocenters. The van der Waals surface area contributed by atoms with Crippen LogP contribution in [0, 0.1) is 10.6 Å². The number of aryl methyl sites for hydroxylation is 1. The fraction of sp³-hybridized carbons (Fsp3) is 0.300. The maximum Gasteiger partial charge on any atom is 0.102 e. The van der Waals surface area contributed by atoms with Gasteiger partial charge in [-0.05, 0) is 89.1 Å². The first-order valence-electron chi connectivity index (χ1n) is 8.24. The van der Waals surface area contributed by atoms with E-state index in [1.807, 2.05) is 36.2 Å². The molecular formula is C20H21IN2S. The summed E-state index contributed by atoms with van der Waals surface area (Å²) in [4.78, 5) is 9.22. The van der Waals surface area contributed by atoms with Crippen LogP contribution < -0.4 is 0 Å². The Morgan fingerprint density at radius 2 is 2.25 bits per heavy atom. The molecule has 2 nitrogen and oxygen atoms in total. The van der Waals surface area contributed by atoms with Crippen molar-refractivity contribution in [1.82, 2.24) is 9.97 Å². The van der Waals surface area contributed by atoms with Crippen molar-refractivity contribution in [3.63, 3.8) is 0 Å². The highest BCUT2D eigenvalue weighted by Gasteiger charge is 2.10. The topological polar surface area (TPSA) is 25.8 Å². The molecule has 0 atom stereocenters. The van der Waals surface area contributed by atoms with Crippen LogP contribution in [0.3, 0.4) is 0 Å². The van der Waals surface area contributed by atoms with Crippen LogP contribution in [0.2, 0.25) is 0 Å². The van der Waals surface area contributed by atoms with Crippen molar-refractivity contribution in [3.05, 3.63) is 62.6 Å². The van der Waals surface area contributed by atoms with Crippen molar-refractivity contribution < 1.29 is 0 Å². The summed E-state index contributed by atoms with van der Waals surface area (Å²) in [6.07, 6.45) is 8.86. The smallest absolute Gasteiger partial charge is 0.102 e. The zero-order valence-electron chi connectivity index (χ0n) is 14.1. The minimum Gasteiger partial charge on any atom is -0.260 e. The Morgan fingerprint density at radius 3 is 2.96 bits per heavy atom. The molecule has 0 fully saturated rings. The summed E-state index contributed by atoms with van der Waals surface area (Å²) in [7, 11) is 0. The molecule has 3 heterocycles. The highest BCUT2D eigenvalue weighted by Crippen LogP contribution is 2.28. The summed E-state index contributed by atoms with van der Waals surface area (Å²) in [6.45, 7) is 4.32. The molecule has 0 radical (unpaired) electrons. The second-order valence-electron chi connectivity index (χ2n) is 5.82. The van der Waals surface area contributed by atoms with E-state index in [4.69, 9.17) is 0 Å². The molecule has 124 valence electrons. The highest BCUT2D eigenvalue weighted by molar-refractivity contribution is 14.1. The predicted octanol–water partition coefficient (Wildman–Crippen LogP) is 5.91. The molecule has 1 aliphatic rings. The van der Waals surface area contributed by atoms with Crippen LogP contribution in [0.15, 0.2) is 47.7 Å². The Hall–Kier alpha value is -1.14. The van der Waals surface area contributed by atoms with Gasteiger partial charge in [0, 0.05) is 23.2 Å². The van der Waals surface area contributed by atoms with E-state index in [0.717, 1.165) is 32.8 Å². The SMILES string of the molecule is CC/C(=C\c1cc(-c2cccc(I)n2)cnc1C)C1=CCSCC1. The van der Waals surface area contributed by atoms with Crippen molar-refractivity contribution in [2.75, 3.05) is 11.5 Å². The maximum atomic E-state index is 4.62. The van der Waals surface area contributed by atoms with E-state index in [2.05, 4.69) is 64.6 Å². The molecule has 3 rings (SSSR count). The quantitative estimate of drug-likeness (QED) is 0.430. The van der Waals surface area contributed by atoms with Crippen molar-refractivity contribution in [2.45, 2.75) is 26.7 Å². The van der Waals surface area contributed by atoms with Crippen LogP contribution in [0.5, 0.6) is 0 Å². The molecule has 2 aromatic heterocycles. The number of thioether (sulfide) groups is 1. The van der Waals surface area contributed by atoms with E-state index >= 15 is 0 Å². The van der Waals surface area contributed by atoms with Crippen LogP contribution in [0.1, 0.15) is 31.0 Å². The van der Waals surface area contributed by atoms with Gasteiger partial charge in [0.1, 0.15) is 3.70 Å². The molecule has 0 N–H and O–H groups in total. The van der Waals surface area contributed by atoms with Gasteiger partial charge in [-0.2, -0.15) is 11.8 Å². The number of halogens is 1. The van der Waals surface area contributed by atoms with Crippen LogP contribution in [-0.2, 0) is 0 Å². The minimum atomic E-state index is 0.982. The lowest BCUT2D eigenvalue weighted by atomic mass is 9.97. The van der Waals surface area contributed by atoms with Crippen molar-refractivity contribution >= 4 is 40.4 Å². The Balaban J connectivity index is 1.99. The molecule has 24 heavy (non-hydrogen) atoms. The van der Waals surface area contributed by atoms with E-state index in [9.17, 15) is 0 Å². The summed E-state index contributed by atoms with van der Waals surface area (Å²) < 4.78 is 1.00. The van der Waals surface area contributed by atoms with Gasteiger partial charge in [0.05, 0.1) is 5.69 Å². The lowest BCUT2D eigenvalue weighted by Gasteiger charge is -2.15. The fourth-order valence-corrected chi connectivity index (χ4v) is 4.15. The van der Waals surface area contributed by atoms with Crippen LogP contribution >= 0.6 is 34.4 Å². The number of pyridine rings is 2. The van der Waals surface area contributed by atoms with E-state index < -0.39 is 0 Å². The van der Waals surface area contributed by atoms with Gasteiger partial charge < -0.3 is 0 Å². The first-order chi connectivity index (χ1) is 11.7. The number of aromatic nitrogens is 2. The molecule has 0 saturated heterocycles. The normalized spacial score (nSPS) is 15.3. The van der Waals surface area contributed by atoms with Gasteiger partial charge in [-0.15, -0.1) is 0 Å². The zero-order chi connectivity index (χ0) is 16.9. The van der Waals surface area contributed by atoms with Gasteiger partial charge in [-0.1, -0.05) is 19.1 Å². The summed E-state index contributed by atoms with van der Waals surface area (Å²) in [5, 5.41) is 0.